The lowest BCUT2D eigenvalue weighted by atomic mass is 9.90. The Balaban J connectivity index is 1.48. The smallest absolute Gasteiger partial charge is 0.236 e. The molecule has 9 heteroatoms. The van der Waals surface area contributed by atoms with E-state index in [1.165, 1.54) is 6.33 Å². The van der Waals surface area contributed by atoms with Crippen LogP contribution in [0, 0.1) is 3.70 Å². The fourth-order valence-electron chi connectivity index (χ4n) is 3.96. The zero-order chi connectivity index (χ0) is 17.6. The maximum Gasteiger partial charge on any atom is 0.236 e. The van der Waals surface area contributed by atoms with E-state index in [-0.39, 0.29) is 5.91 Å². The molecule has 25 heavy (non-hydrogen) atoms. The van der Waals surface area contributed by atoms with Gasteiger partial charge in [-0.2, -0.15) is 5.10 Å². The van der Waals surface area contributed by atoms with Crippen LogP contribution in [0.1, 0.15) is 31.7 Å². The van der Waals surface area contributed by atoms with Gasteiger partial charge in [-0.05, 0) is 48.3 Å². The summed E-state index contributed by atoms with van der Waals surface area (Å²) in [6, 6.07) is 0.828. The summed E-state index contributed by atoms with van der Waals surface area (Å²) in [5, 5.41) is 5.54. The zero-order valence-corrected chi connectivity index (χ0v) is 16.4. The number of fused-ring (bicyclic) bond motifs is 1. The average Bonchev–Trinajstić information content (AvgIpc) is 2.96. The summed E-state index contributed by atoms with van der Waals surface area (Å²) in [6.45, 7) is 2.36. The molecule has 2 aliphatic rings. The van der Waals surface area contributed by atoms with Gasteiger partial charge in [-0.15, -0.1) is 0 Å². The van der Waals surface area contributed by atoms with E-state index < -0.39 is 0 Å². The number of amides is 1. The highest BCUT2D eigenvalue weighted by molar-refractivity contribution is 14.1. The minimum absolute atomic E-state index is 0.230. The number of likely N-dealkylation sites (N-methyl/N-ethyl adjacent to an activating group) is 1. The number of hydrogen-bond donors (Lipinski definition) is 1. The van der Waals surface area contributed by atoms with Crippen molar-refractivity contribution in [3.8, 4) is 0 Å². The van der Waals surface area contributed by atoms with Gasteiger partial charge in [0.2, 0.25) is 5.91 Å². The Labute approximate surface area is 159 Å². The number of carbonyl (C=O) groups is 1. The minimum atomic E-state index is 0.230. The highest BCUT2D eigenvalue weighted by Crippen LogP contribution is 2.34. The molecular weight excluding hydrogens is 433 g/mol. The molecule has 0 bridgehead atoms. The van der Waals surface area contributed by atoms with Gasteiger partial charge < -0.3 is 10.6 Å². The van der Waals surface area contributed by atoms with Gasteiger partial charge in [-0.3, -0.25) is 9.69 Å². The van der Waals surface area contributed by atoms with E-state index in [0.717, 1.165) is 53.5 Å². The van der Waals surface area contributed by atoms with Gasteiger partial charge >= 0.3 is 0 Å². The second kappa shape index (κ2) is 6.67. The van der Waals surface area contributed by atoms with E-state index >= 15 is 0 Å². The van der Waals surface area contributed by atoms with Crippen molar-refractivity contribution in [1.29, 1.82) is 0 Å². The number of rotatable bonds is 2. The summed E-state index contributed by atoms with van der Waals surface area (Å²) >= 11 is 2.20. The van der Waals surface area contributed by atoms with E-state index in [0.29, 0.717) is 24.4 Å². The van der Waals surface area contributed by atoms with Crippen LogP contribution in [0.25, 0.3) is 11.0 Å². The van der Waals surface area contributed by atoms with Gasteiger partial charge in [0.25, 0.3) is 0 Å². The highest BCUT2D eigenvalue weighted by Gasteiger charge is 2.32. The Hall–Kier alpha value is -1.49. The molecule has 2 aromatic heterocycles. The fraction of sp³-hybridized carbons (Fsp3) is 0.625. The van der Waals surface area contributed by atoms with Gasteiger partial charge in [0.05, 0.1) is 18.0 Å². The number of piperazine rings is 1. The first-order valence-corrected chi connectivity index (χ1v) is 9.74. The molecule has 2 fully saturated rings. The van der Waals surface area contributed by atoms with Crippen LogP contribution in [0.5, 0.6) is 0 Å². The molecule has 0 spiro atoms. The quantitative estimate of drug-likeness (QED) is 0.686. The Morgan fingerprint density at radius 1 is 1.16 bits per heavy atom. The molecule has 2 N–H and O–H groups in total. The Kier molecular flexibility index (Phi) is 4.52. The van der Waals surface area contributed by atoms with E-state index in [1.54, 1.807) is 0 Å². The number of aromatic nitrogens is 4. The molecule has 0 radical (unpaired) electrons. The van der Waals surface area contributed by atoms with Crippen molar-refractivity contribution < 1.29 is 4.79 Å². The van der Waals surface area contributed by atoms with Gasteiger partial charge in [0.1, 0.15) is 15.8 Å². The van der Waals surface area contributed by atoms with Crippen LogP contribution in [0.2, 0.25) is 0 Å². The number of carbonyl (C=O) groups excluding carboxylic acids is 1. The SMILES string of the molecule is CN1CCN(C2CCC(n3nc(I)c4c(N)ncnc43)CC2)CC1=O. The standard InChI is InChI=1S/C16H22IN7O/c1-22-6-7-23(8-12(22)25)10-2-4-11(5-3-10)24-16-13(14(17)21-24)15(18)19-9-20-16/h9-11H,2-8H2,1H3,(H2,18,19,20). The summed E-state index contributed by atoms with van der Waals surface area (Å²) < 4.78 is 2.89. The average molecular weight is 455 g/mol. The van der Waals surface area contributed by atoms with Crippen LogP contribution in [0.4, 0.5) is 5.82 Å². The molecule has 1 saturated heterocycles. The molecule has 2 aromatic rings. The van der Waals surface area contributed by atoms with Crippen LogP contribution in [-0.4, -0.2) is 68.2 Å². The van der Waals surface area contributed by atoms with Gasteiger partial charge in [-0.25, -0.2) is 14.6 Å². The van der Waals surface area contributed by atoms with Crippen molar-refractivity contribution >= 4 is 45.3 Å². The molecule has 0 unspecified atom stereocenters. The molecule has 1 amide bonds. The maximum absolute atomic E-state index is 12.0. The first kappa shape index (κ1) is 17.0. The van der Waals surface area contributed by atoms with Gasteiger partial charge in [0.15, 0.2) is 5.65 Å². The molecule has 1 saturated carbocycles. The largest absolute Gasteiger partial charge is 0.383 e. The van der Waals surface area contributed by atoms with E-state index in [9.17, 15) is 4.79 Å². The highest BCUT2D eigenvalue weighted by atomic mass is 127. The Morgan fingerprint density at radius 2 is 1.88 bits per heavy atom. The molecule has 134 valence electrons. The van der Waals surface area contributed by atoms with E-state index in [2.05, 4.69) is 42.6 Å². The number of hydrogen-bond acceptors (Lipinski definition) is 6. The molecule has 4 rings (SSSR count). The Morgan fingerprint density at radius 3 is 2.60 bits per heavy atom. The number of nitrogens with zero attached hydrogens (tertiary/aromatic N) is 6. The third-order valence-corrected chi connectivity index (χ3v) is 6.25. The monoisotopic (exact) mass is 455 g/mol. The normalized spacial score (nSPS) is 25.7. The molecule has 1 aliphatic heterocycles. The third-order valence-electron chi connectivity index (χ3n) is 5.49. The maximum atomic E-state index is 12.0. The van der Waals surface area contributed by atoms with Gasteiger partial charge in [-0.1, -0.05) is 0 Å². The van der Waals surface area contributed by atoms with Crippen LogP contribution >= 0.6 is 22.6 Å². The first-order chi connectivity index (χ1) is 12.0. The Bertz CT molecular complexity index is 799. The van der Waals surface area contributed by atoms with Gasteiger partial charge in [0, 0.05) is 26.2 Å². The second-order valence-electron chi connectivity index (χ2n) is 6.94. The van der Waals surface area contributed by atoms with Crippen molar-refractivity contribution in [3.63, 3.8) is 0 Å². The van der Waals surface area contributed by atoms with Crippen molar-refractivity contribution in [3.05, 3.63) is 10.0 Å². The molecule has 3 heterocycles. The number of halogens is 1. The predicted octanol–water partition coefficient (Wildman–Crippen LogP) is 1.27. The van der Waals surface area contributed by atoms with Crippen LogP contribution in [-0.2, 0) is 4.79 Å². The lowest BCUT2D eigenvalue weighted by Crippen LogP contribution is -2.52. The summed E-state index contributed by atoms with van der Waals surface area (Å²) in [5.41, 5.74) is 6.82. The van der Waals surface area contributed by atoms with Crippen molar-refractivity contribution in [2.45, 2.75) is 37.8 Å². The topological polar surface area (TPSA) is 93.2 Å². The lowest BCUT2D eigenvalue weighted by molar-refractivity contribution is -0.135. The number of nitrogen functional groups attached to an aromatic ring is 1. The van der Waals surface area contributed by atoms with Crippen LogP contribution < -0.4 is 5.73 Å². The fourth-order valence-corrected chi connectivity index (χ4v) is 4.71. The second-order valence-corrected chi connectivity index (χ2v) is 7.96. The molecule has 1 aliphatic carbocycles. The third kappa shape index (κ3) is 3.07. The van der Waals surface area contributed by atoms with Crippen LogP contribution in [0.15, 0.2) is 6.33 Å². The van der Waals surface area contributed by atoms with Crippen molar-refractivity contribution in [2.75, 3.05) is 32.4 Å². The summed E-state index contributed by atoms with van der Waals surface area (Å²) in [5.74, 6) is 0.721. The number of nitrogens with two attached hydrogens (primary N) is 1. The zero-order valence-electron chi connectivity index (χ0n) is 14.2. The molecule has 0 atom stereocenters. The molecule has 8 nitrogen and oxygen atoms in total. The molecule has 0 aromatic carbocycles. The predicted molar refractivity (Wildman–Crippen MR) is 103 cm³/mol. The van der Waals surface area contributed by atoms with Crippen molar-refractivity contribution in [2.24, 2.45) is 0 Å². The summed E-state index contributed by atoms with van der Waals surface area (Å²) in [7, 11) is 1.88. The van der Waals surface area contributed by atoms with Crippen LogP contribution in [0.3, 0.4) is 0 Å². The van der Waals surface area contributed by atoms with E-state index in [1.807, 2.05) is 16.6 Å². The summed E-state index contributed by atoms with van der Waals surface area (Å²) in [4.78, 5) is 24.6. The lowest BCUT2D eigenvalue weighted by Gasteiger charge is -2.40. The summed E-state index contributed by atoms with van der Waals surface area (Å²) in [6.07, 6.45) is 5.76. The minimum Gasteiger partial charge on any atom is -0.383 e. The number of anilines is 1. The van der Waals surface area contributed by atoms with E-state index in [4.69, 9.17) is 5.73 Å². The van der Waals surface area contributed by atoms with Crippen molar-refractivity contribution in [1.82, 2.24) is 29.5 Å². The molecular formula is C16H22IN7O. The first-order valence-electron chi connectivity index (χ1n) is 8.67.